The summed E-state index contributed by atoms with van der Waals surface area (Å²) in [5, 5.41) is 0. The van der Waals surface area contributed by atoms with Crippen LogP contribution < -0.4 is 0 Å². The van der Waals surface area contributed by atoms with E-state index in [0.29, 0.717) is 29.5 Å². The van der Waals surface area contributed by atoms with Gasteiger partial charge in [0.05, 0.1) is 6.10 Å². The summed E-state index contributed by atoms with van der Waals surface area (Å²) in [7, 11) is 0. The Balaban J connectivity index is 1.86. The predicted molar refractivity (Wildman–Crippen MR) is 46.0 cm³/mol. The van der Waals surface area contributed by atoms with Gasteiger partial charge in [0.15, 0.2) is 11.4 Å². The van der Waals surface area contributed by atoms with Gasteiger partial charge in [-0.1, -0.05) is 12.2 Å². The molecule has 0 aromatic carbocycles. The zero-order valence-corrected chi connectivity index (χ0v) is 7.57. The highest BCUT2D eigenvalue weighted by Crippen LogP contribution is 2.64. The Kier molecular flexibility index (Phi) is 0.850. The number of hydrogen-bond donors (Lipinski definition) is 0. The average Bonchev–Trinajstić information content (AvgIpc) is 2.55. The van der Waals surface area contributed by atoms with E-state index in [1.54, 1.807) is 0 Å². The van der Waals surface area contributed by atoms with Gasteiger partial charge in [-0.15, -0.1) is 0 Å². The first-order valence-electron chi connectivity index (χ1n) is 5.12. The van der Waals surface area contributed by atoms with E-state index >= 15 is 0 Å². The summed E-state index contributed by atoms with van der Waals surface area (Å²) in [6.45, 7) is 1.97. The fourth-order valence-electron chi connectivity index (χ4n) is 3.85. The Labute approximate surface area is 77.0 Å². The molecule has 1 heterocycles. The minimum absolute atomic E-state index is 0.268. The van der Waals surface area contributed by atoms with Gasteiger partial charge in [0.25, 0.3) is 0 Å². The van der Waals surface area contributed by atoms with Crippen molar-refractivity contribution in [2.24, 2.45) is 23.7 Å². The lowest BCUT2D eigenvalue weighted by Gasteiger charge is -2.20. The van der Waals surface area contributed by atoms with Crippen LogP contribution in [0.3, 0.4) is 0 Å². The van der Waals surface area contributed by atoms with Crippen molar-refractivity contribution in [1.82, 2.24) is 0 Å². The zero-order chi connectivity index (χ0) is 8.79. The molecule has 0 amide bonds. The molecule has 1 aliphatic heterocycles. The molecule has 6 unspecified atom stereocenters. The van der Waals surface area contributed by atoms with Crippen LogP contribution in [-0.4, -0.2) is 17.5 Å². The molecule has 1 saturated heterocycles. The van der Waals surface area contributed by atoms with Gasteiger partial charge < -0.3 is 4.74 Å². The molecule has 4 rings (SSSR count). The average molecular weight is 176 g/mol. The molecule has 68 valence electrons. The molecule has 2 saturated carbocycles. The first-order valence-corrected chi connectivity index (χ1v) is 5.12. The van der Waals surface area contributed by atoms with Crippen LogP contribution in [0.5, 0.6) is 0 Å². The van der Waals surface area contributed by atoms with Crippen molar-refractivity contribution in [3.63, 3.8) is 0 Å². The normalized spacial score (nSPS) is 65.6. The standard InChI is InChI=1S/C11H12O2/c1-11-9(12)7-5-2-3-6(4-5)8(7)10(11)13-11/h2-3,5-8,10H,4H2,1H3. The molecule has 2 heteroatoms. The first kappa shape index (κ1) is 6.77. The van der Waals surface area contributed by atoms with E-state index in [4.69, 9.17) is 4.74 Å². The molecular formula is C11H12O2. The lowest BCUT2D eigenvalue weighted by molar-refractivity contribution is -0.128. The number of epoxide rings is 1. The summed E-state index contributed by atoms with van der Waals surface area (Å²) < 4.78 is 5.54. The number of carbonyl (C=O) groups is 1. The molecule has 0 aromatic heterocycles. The maximum atomic E-state index is 12.0. The topological polar surface area (TPSA) is 29.6 Å². The summed E-state index contributed by atoms with van der Waals surface area (Å²) in [4.78, 5) is 12.0. The van der Waals surface area contributed by atoms with Crippen molar-refractivity contribution in [2.75, 3.05) is 0 Å². The van der Waals surface area contributed by atoms with Gasteiger partial charge >= 0.3 is 0 Å². The number of carbonyl (C=O) groups excluding carboxylic acids is 1. The molecule has 0 radical (unpaired) electrons. The van der Waals surface area contributed by atoms with E-state index in [9.17, 15) is 4.79 Å². The molecule has 2 nitrogen and oxygen atoms in total. The minimum atomic E-state index is -0.363. The van der Waals surface area contributed by atoms with Gasteiger partial charge in [-0.25, -0.2) is 0 Å². The molecule has 0 aromatic rings. The largest absolute Gasteiger partial charge is 0.358 e. The molecule has 6 atom stereocenters. The monoisotopic (exact) mass is 176 g/mol. The van der Waals surface area contributed by atoms with Crippen LogP contribution >= 0.6 is 0 Å². The highest BCUT2D eigenvalue weighted by Gasteiger charge is 2.75. The molecule has 0 spiro atoms. The number of ketones is 1. The van der Waals surface area contributed by atoms with Gasteiger partial charge in [-0.3, -0.25) is 4.79 Å². The third-order valence-electron chi connectivity index (χ3n) is 4.52. The molecule has 3 fully saturated rings. The van der Waals surface area contributed by atoms with Crippen molar-refractivity contribution in [1.29, 1.82) is 0 Å². The van der Waals surface area contributed by atoms with Gasteiger partial charge in [0.1, 0.15) is 0 Å². The van der Waals surface area contributed by atoms with Gasteiger partial charge in [-0.05, 0) is 25.2 Å². The first-order chi connectivity index (χ1) is 6.22. The number of fused-ring (bicyclic) bond motifs is 7. The van der Waals surface area contributed by atoms with Crippen LogP contribution in [0.2, 0.25) is 0 Å². The Bertz CT molecular complexity index is 346. The van der Waals surface area contributed by atoms with Crippen molar-refractivity contribution in [2.45, 2.75) is 25.0 Å². The molecule has 13 heavy (non-hydrogen) atoms. The number of rotatable bonds is 0. The molecular weight excluding hydrogens is 164 g/mol. The van der Waals surface area contributed by atoms with Gasteiger partial charge in [-0.2, -0.15) is 0 Å². The van der Waals surface area contributed by atoms with Crippen LogP contribution in [0.15, 0.2) is 12.2 Å². The Hall–Kier alpha value is -0.630. The van der Waals surface area contributed by atoms with E-state index < -0.39 is 0 Å². The number of ether oxygens (including phenoxy) is 1. The zero-order valence-electron chi connectivity index (χ0n) is 7.57. The van der Waals surface area contributed by atoms with Crippen LogP contribution in [0.1, 0.15) is 13.3 Å². The number of allylic oxidation sites excluding steroid dienone is 2. The SMILES string of the molecule is CC12OC1C1C3C=CC(C3)C1C2=O. The lowest BCUT2D eigenvalue weighted by atomic mass is 9.85. The van der Waals surface area contributed by atoms with Crippen LogP contribution in [0.4, 0.5) is 0 Å². The Morgan fingerprint density at radius 3 is 3.00 bits per heavy atom. The molecule has 4 aliphatic rings. The van der Waals surface area contributed by atoms with Crippen LogP contribution in [0.25, 0.3) is 0 Å². The van der Waals surface area contributed by atoms with E-state index in [2.05, 4.69) is 12.2 Å². The predicted octanol–water partition coefficient (Wildman–Crippen LogP) is 1.16. The lowest BCUT2D eigenvalue weighted by Crippen LogP contribution is -2.28. The second kappa shape index (κ2) is 1.63. The van der Waals surface area contributed by atoms with Crippen molar-refractivity contribution in [3.05, 3.63) is 12.2 Å². The van der Waals surface area contributed by atoms with Crippen LogP contribution in [0, 0.1) is 23.7 Å². The fourth-order valence-corrected chi connectivity index (χ4v) is 3.85. The summed E-state index contributed by atoms with van der Waals surface area (Å²) in [5.41, 5.74) is -0.363. The second-order valence-electron chi connectivity index (χ2n) is 5.06. The van der Waals surface area contributed by atoms with E-state index in [-0.39, 0.29) is 11.7 Å². The summed E-state index contributed by atoms with van der Waals surface area (Å²) in [5.74, 6) is 2.44. The molecule has 2 bridgehead atoms. The Morgan fingerprint density at radius 1 is 1.46 bits per heavy atom. The third-order valence-corrected chi connectivity index (χ3v) is 4.52. The highest BCUT2D eigenvalue weighted by molar-refractivity contribution is 5.96. The molecule has 0 N–H and O–H groups in total. The number of hydrogen-bond acceptors (Lipinski definition) is 2. The smallest absolute Gasteiger partial charge is 0.171 e. The second-order valence-corrected chi connectivity index (χ2v) is 5.06. The fraction of sp³-hybridized carbons (Fsp3) is 0.727. The Morgan fingerprint density at radius 2 is 2.23 bits per heavy atom. The van der Waals surface area contributed by atoms with E-state index in [1.165, 1.54) is 6.42 Å². The maximum Gasteiger partial charge on any atom is 0.171 e. The third kappa shape index (κ3) is 0.531. The summed E-state index contributed by atoms with van der Waals surface area (Å²) in [6, 6.07) is 0. The molecule has 3 aliphatic carbocycles. The van der Waals surface area contributed by atoms with E-state index in [1.807, 2.05) is 6.92 Å². The summed E-state index contributed by atoms with van der Waals surface area (Å²) in [6.07, 6.45) is 6.02. The van der Waals surface area contributed by atoms with Gasteiger partial charge in [0, 0.05) is 11.8 Å². The maximum absolute atomic E-state index is 12.0. The highest BCUT2D eigenvalue weighted by atomic mass is 16.6. The number of Topliss-reactive ketones (excluding diaryl/α,β-unsaturated/α-hetero) is 1. The van der Waals surface area contributed by atoms with Crippen molar-refractivity contribution in [3.8, 4) is 0 Å². The van der Waals surface area contributed by atoms with Gasteiger partial charge in [0.2, 0.25) is 0 Å². The van der Waals surface area contributed by atoms with Crippen molar-refractivity contribution < 1.29 is 9.53 Å². The minimum Gasteiger partial charge on any atom is -0.358 e. The van der Waals surface area contributed by atoms with E-state index in [0.717, 1.165) is 0 Å². The van der Waals surface area contributed by atoms with Crippen molar-refractivity contribution >= 4 is 5.78 Å². The van der Waals surface area contributed by atoms with Crippen LogP contribution in [-0.2, 0) is 9.53 Å². The quantitative estimate of drug-likeness (QED) is 0.409. The summed E-state index contributed by atoms with van der Waals surface area (Å²) >= 11 is 0.